The Bertz CT molecular complexity index is 585. The fourth-order valence-electron chi connectivity index (χ4n) is 2.42. The van der Waals surface area contributed by atoms with E-state index < -0.39 is 0 Å². The van der Waals surface area contributed by atoms with E-state index in [1.54, 1.807) is 7.11 Å². The summed E-state index contributed by atoms with van der Waals surface area (Å²) in [5.41, 5.74) is 2.58. The van der Waals surface area contributed by atoms with Crippen molar-refractivity contribution in [1.82, 2.24) is 4.90 Å². The van der Waals surface area contributed by atoms with Crippen LogP contribution < -0.4 is 4.74 Å². The summed E-state index contributed by atoms with van der Waals surface area (Å²) in [6.07, 6.45) is 0.981. The van der Waals surface area contributed by atoms with Crippen molar-refractivity contribution in [1.29, 1.82) is 0 Å². The lowest BCUT2D eigenvalue weighted by atomic mass is 10.0. The monoisotopic (exact) mass is 347 g/mol. The highest BCUT2D eigenvalue weighted by molar-refractivity contribution is 9.10. The Hall–Kier alpha value is -1.32. The molecule has 2 nitrogen and oxygen atoms in total. The van der Waals surface area contributed by atoms with Gasteiger partial charge in [-0.1, -0.05) is 46.3 Å². The average Bonchev–Trinajstić information content (AvgIpc) is 2.47. The molecule has 112 valence electrons. The first kappa shape index (κ1) is 16.1. The number of hydrogen-bond donors (Lipinski definition) is 0. The molecule has 1 atom stereocenters. The molecule has 0 radical (unpaired) electrons. The Morgan fingerprint density at radius 1 is 1.14 bits per heavy atom. The molecule has 3 heteroatoms. The number of nitrogens with zero attached hydrogens (tertiary/aromatic N) is 1. The first-order valence-corrected chi connectivity index (χ1v) is 7.96. The fourth-order valence-corrected chi connectivity index (χ4v) is 2.87. The zero-order chi connectivity index (χ0) is 15.2. The molecule has 0 bridgehead atoms. The van der Waals surface area contributed by atoms with Gasteiger partial charge < -0.3 is 4.74 Å². The molecule has 0 amide bonds. The highest BCUT2D eigenvalue weighted by atomic mass is 79.9. The van der Waals surface area contributed by atoms with Gasteiger partial charge in [-0.2, -0.15) is 0 Å². The second-order valence-electron chi connectivity index (χ2n) is 5.41. The molecule has 2 aromatic rings. The highest BCUT2D eigenvalue weighted by Gasteiger charge is 2.13. The van der Waals surface area contributed by atoms with Crippen molar-refractivity contribution in [2.75, 3.05) is 14.2 Å². The van der Waals surface area contributed by atoms with Crippen LogP contribution in [0.1, 0.15) is 18.1 Å². The van der Waals surface area contributed by atoms with Crippen molar-refractivity contribution in [3.8, 4) is 5.75 Å². The zero-order valence-corrected chi connectivity index (χ0v) is 14.4. The van der Waals surface area contributed by atoms with Gasteiger partial charge in [0.05, 0.1) is 7.11 Å². The molecule has 0 heterocycles. The second kappa shape index (κ2) is 7.62. The number of halogens is 1. The maximum absolute atomic E-state index is 5.44. The van der Waals surface area contributed by atoms with Crippen molar-refractivity contribution in [3.05, 3.63) is 64.1 Å². The molecule has 0 spiro atoms. The van der Waals surface area contributed by atoms with Crippen LogP contribution in [0.5, 0.6) is 5.75 Å². The van der Waals surface area contributed by atoms with Crippen LogP contribution in [0.15, 0.2) is 53.0 Å². The lowest BCUT2D eigenvalue weighted by Crippen LogP contribution is -2.30. The molecule has 21 heavy (non-hydrogen) atoms. The highest BCUT2D eigenvalue weighted by Crippen LogP contribution is 2.21. The number of rotatable bonds is 6. The summed E-state index contributed by atoms with van der Waals surface area (Å²) in [5, 5.41) is 0. The number of likely N-dealkylation sites (N-methyl/N-ethyl adjacent to an activating group) is 1. The third-order valence-corrected chi connectivity index (χ3v) is 4.27. The van der Waals surface area contributed by atoms with Crippen LogP contribution in [0.3, 0.4) is 0 Å². The second-order valence-corrected chi connectivity index (χ2v) is 6.33. The minimum atomic E-state index is 0.445. The maximum atomic E-state index is 5.44. The van der Waals surface area contributed by atoms with E-state index >= 15 is 0 Å². The lowest BCUT2D eigenvalue weighted by Gasteiger charge is -2.25. The molecule has 0 fully saturated rings. The van der Waals surface area contributed by atoms with E-state index in [2.05, 4.69) is 71.2 Å². The van der Waals surface area contributed by atoms with E-state index in [1.165, 1.54) is 11.1 Å². The van der Waals surface area contributed by atoms with E-state index in [1.807, 2.05) is 12.1 Å². The van der Waals surface area contributed by atoms with Crippen molar-refractivity contribution in [3.63, 3.8) is 0 Å². The van der Waals surface area contributed by atoms with Crippen molar-refractivity contribution < 1.29 is 4.74 Å². The quantitative estimate of drug-likeness (QED) is 0.761. The van der Waals surface area contributed by atoms with Gasteiger partial charge in [-0.25, -0.2) is 0 Å². The van der Waals surface area contributed by atoms with Gasteiger partial charge in [0, 0.05) is 17.1 Å². The number of ether oxygens (including phenoxy) is 1. The molecule has 2 rings (SSSR count). The van der Waals surface area contributed by atoms with Gasteiger partial charge in [-0.15, -0.1) is 0 Å². The molecule has 0 saturated heterocycles. The third kappa shape index (κ3) is 4.58. The van der Waals surface area contributed by atoms with Crippen LogP contribution in [0.4, 0.5) is 0 Å². The summed E-state index contributed by atoms with van der Waals surface area (Å²) < 4.78 is 6.57. The summed E-state index contributed by atoms with van der Waals surface area (Å²) >= 11 is 3.53. The van der Waals surface area contributed by atoms with E-state index in [9.17, 15) is 0 Å². The van der Waals surface area contributed by atoms with E-state index in [0.29, 0.717) is 6.04 Å². The molecule has 0 aliphatic heterocycles. The molecule has 0 aromatic heterocycles. The Morgan fingerprint density at radius 3 is 2.62 bits per heavy atom. The first-order valence-electron chi connectivity index (χ1n) is 7.16. The van der Waals surface area contributed by atoms with E-state index in [0.717, 1.165) is 23.2 Å². The molecular weight excluding hydrogens is 326 g/mol. The smallest absolute Gasteiger partial charge is 0.122 e. The summed E-state index contributed by atoms with van der Waals surface area (Å²) in [6, 6.07) is 17.2. The fraction of sp³-hybridized carbons (Fsp3) is 0.333. The zero-order valence-electron chi connectivity index (χ0n) is 12.8. The van der Waals surface area contributed by atoms with Crippen LogP contribution >= 0.6 is 15.9 Å². The van der Waals surface area contributed by atoms with Gasteiger partial charge in [0.25, 0.3) is 0 Å². The number of methoxy groups -OCH3 is 1. The van der Waals surface area contributed by atoms with Crippen LogP contribution in [0.2, 0.25) is 0 Å². The summed E-state index contributed by atoms with van der Waals surface area (Å²) in [4.78, 5) is 2.37. The minimum Gasteiger partial charge on any atom is -0.496 e. The Labute approximate surface area is 135 Å². The molecule has 0 aliphatic carbocycles. The molecule has 0 saturated carbocycles. The largest absolute Gasteiger partial charge is 0.496 e. The molecule has 0 aliphatic rings. The Morgan fingerprint density at radius 2 is 1.90 bits per heavy atom. The average molecular weight is 348 g/mol. The SMILES string of the molecule is COc1ccccc1CC(C)N(C)Cc1cccc(Br)c1. The van der Waals surface area contributed by atoms with E-state index in [-0.39, 0.29) is 0 Å². The first-order chi connectivity index (χ1) is 10.1. The van der Waals surface area contributed by atoms with Crippen molar-refractivity contribution >= 4 is 15.9 Å². The van der Waals surface area contributed by atoms with E-state index in [4.69, 9.17) is 4.74 Å². The summed E-state index contributed by atoms with van der Waals surface area (Å²) in [6.45, 7) is 3.19. The number of para-hydroxylation sites is 1. The maximum Gasteiger partial charge on any atom is 0.122 e. The topological polar surface area (TPSA) is 12.5 Å². The molecule has 1 unspecified atom stereocenters. The predicted octanol–water partition coefficient (Wildman–Crippen LogP) is 4.52. The number of benzene rings is 2. The minimum absolute atomic E-state index is 0.445. The van der Waals surface area contributed by atoms with Crippen molar-refractivity contribution in [2.45, 2.75) is 25.9 Å². The normalized spacial score (nSPS) is 12.4. The van der Waals surface area contributed by atoms with Crippen LogP contribution in [-0.2, 0) is 13.0 Å². The van der Waals surface area contributed by atoms with Crippen molar-refractivity contribution in [2.24, 2.45) is 0 Å². The van der Waals surface area contributed by atoms with Gasteiger partial charge in [0.1, 0.15) is 5.75 Å². The van der Waals surface area contributed by atoms with Crippen LogP contribution in [-0.4, -0.2) is 25.1 Å². The Balaban J connectivity index is 2.01. The molecular formula is C18H22BrNO. The van der Waals surface area contributed by atoms with Gasteiger partial charge >= 0.3 is 0 Å². The standard InChI is InChI=1S/C18H22BrNO/c1-14(11-16-8-4-5-10-18(16)21-3)20(2)13-15-7-6-9-17(19)12-15/h4-10,12,14H,11,13H2,1-3H3. The van der Waals surface area contributed by atoms with Crippen LogP contribution in [0.25, 0.3) is 0 Å². The summed E-state index contributed by atoms with van der Waals surface area (Å²) in [5.74, 6) is 0.972. The Kier molecular flexibility index (Phi) is 5.83. The van der Waals surface area contributed by atoms with Gasteiger partial charge in [0.15, 0.2) is 0 Å². The third-order valence-electron chi connectivity index (χ3n) is 3.78. The number of hydrogen-bond acceptors (Lipinski definition) is 2. The molecule has 2 aromatic carbocycles. The lowest BCUT2D eigenvalue weighted by molar-refractivity contribution is 0.246. The van der Waals surface area contributed by atoms with Gasteiger partial charge in [0.2, 0.25) is 0 Å². The van der Waals surface area contributed by atoms with Gasteiger partial charge in [-0.05, 0) is 49.7 Å². The summed E-state index contributed by atoms with van der Waals surface area (Å²) in [7, 11) is 3.90. The predicted molar refractivity (Wildman–Crippen MR) is 91.8 cm³/mol. The molecule has 0 N–H and O–H groups in total. The van der Waals surface area contributed by atoms with Gasteiger partial charge in [-0.3, -0.25) is 4.90 Å². The van der Waals surface area contributed by atoms with Crippen LogP contribution in [0, 0.1) is 0 Å².